The topological polar surface area (TPSA) is 19.0 Å². The van der Waals surface area contributed by atoms with E-state index in [0.29, 0.717) is 13.1 Å². The Labute approximate surface area is 65.0 Å². The van der Waals surface area contributed by atoms with Crippen LogP contribution in [0, 0.1) is 0 Å². The maximum Gasteiger partial charge on any atom is 0.125 e. The zero-order chi connectivity index (χ0) is 7.68. The number of aromatic nitrogens is 1. The number of halogens is 1. The molecule has 0 aliphatic carbocycles. The summed E-state index contributed by atoms with van der Waals surface area (Å²) < 4.78 is 12.3. The molecule has 2 heterocycles. The molecule has 0 unspecified atom stereocenters. The Balaban J connectivity index is 1.84. The van der Waals surface area contributed by atoms with Gasteiger partial charge in [-0.25, -0.2) is 4.39 Å². The molecule has 1 saturated heterocycles. The van der Waals surface area contributed by atoms with Gasteiger partial charge in [-0.05, 0) is 12.1 Å². The van der Waals surface area contributed by atoms with Gasteiger partial charge in [0.1, 0.15) is 6.17 Å². The van der Waals surface area contributed by atoms with Crippen molar-refractivity contribution in [2.45, 2.75) is 12.7 Å². The lowest BCUT2D eigenvalue weighted by Crippen LogP contribution is -2.47. The zero-order valence-electron chi connectivity index (χ0n) is 6.26. The third-order valence-corrected chi connectivity index (χ3v) is 1.97. The van der Waals surface area contributed by atoms with Crippen molar-refractivity contribution >= 4 is 0 Å². The van der Waals surface area contributed by atoms with E-state index in [9.17, 15) is 4.39 Å². The minimum Gasteiger partial charge on any atom is -0.364 e. The van der Waals surface area contributed by atoms with Crippen LogP contribution in [-0.2, 0) is 6.54 Å². The Morgan fingerprint density at radius 3 is 3.00 bits per heavy atom. The van der Waals surface area contributed by atoms with Gasteiger partial charge in [-0.2, -0.15) is 0 Å². The summed E-state index contributed by atoms with van der Waals surface area (Å²) >= 11 is 0. The van der Waals surface area contributed by atoms with E-state index >= 15 is 0 Å². The second-order valence-corrected chi connectivity index (χ2v) is 2.99. The van der Waals surface area contributed by atoms with Crippen LogP contribution in [0.15, 0.2) is 18.3 Å². The second-order valence-electron chi connectivity index (χ2n) is 2.99. The highest BCUT2D eigenvalue weighted by molar-refractivity contribution is 5.04. The van der Waals surface area contributed by atoms with Gasteiger partial charge in [-0.15, -0.1) is 0 Å². The summed E-state index contributed by atoms with van der Waals surface area (Å²) in [6.45, 7) is 2.05. The molecule has 2 nitrogen and oxygen atoms in total. The van der Waals surface area contributed by atoms with Gasteiger partial charge in [-0.1, -0.05) is 0 Å². The van der Waals surface area contributed by atoms with E-state index in [-0.39, 0.29) is 0 Å². The van der Waals surface area contributed by atoms with Crippen molar-refractivity contribution in [1.29, 1.82) is 0 Å². The molecule has 1 aliphatic rings. The van der Waals surface area contributed by atoms with E-state index in [1.54, 1.807) is 0 Å². The Morgan fingerprint density at radius 1 is 1.64 bits per heavy atom. The largest absolute Gasteiger partial charge is 0.364 e. The molecule has 0 radical (unpaired) electrons. The lowest BCUT2D eigenvalue weighted by molar-refractivity contribution is 0.0582. The Hall–Kier alpha value is -0.830. The lowest BCUT2D eigenvalue weighted by atomic mass is 10.2. The number of nitrogens with zero attached hydrogens (tertiary/aromatic N) is 1. The monoisotopic (exact) mass is 154 g/mol. The minimum atomic E-state index is -0.593. The van der Waals surface area contributed by atoms with Crippen LogP contribution in [0.25, 0.3) is 0 Å². The number of alkyl halides is 1. The summed E-state index contributed by atoms with van der Waals surface area (Å²) in [4.78, 5) is 5.17. The summed E-state index contributed by atoms with van der Waals surface area (Å²) in [7, 11) is 0. The first-order valence-electron chi connectivity index (χ1n) is 3.83. The Morgan fingerprint density at radius 2 is 2.45 bits per heavy atom. The van der Waals surface area contributed by atoms with Gasteiger partial charge in [0.15, 0.2) is 0 Å². The lowest BCUT2D eigenvalue weighted by Gasteiger charge is -2.33. The van der Waals surface area contributed by atoms with E-state index < -0.39 is 6.17 Å². The molecule has 1 N–H and O–H groups in total. The molecule has 0 bridgehead atoms. The third-order valence-electron chi connectivity index (χ3n) is 1.97. The number of hydrogen-bond donors (Lipinski definition) is 1. The van der Waals surface area contributed by atoms with E-state index in [1.807, 2.05) is 18.3 Å². The SMILES string of the molecule is FC1CN(Cc2ccc[nH]2)C1. The number of nitrogens with one attached hydrogen (secondary N) is 1. The van der Waals surface area contributed by atoms with Crippen LogP contribution in [0.5, 0.6) is 0 Å². The normalized spacial score (nSPS) is 20.1. The predicted octanol–water partition coefficient (Wildman–Crippen LogP) is 1.17. The van der Waals surface area contributed by atoms with Crippen molar-refractivity contribution in [3.05, 3.63) is 24.0 Å². The fraction of sp³-hybridized carbons (Fsp3) is 0.500. The van der Waals surface area contributed by atoms with E-state index in [2.05, 4.69) is 9.88 Å². The number of hydrogen-bond acceptors (Lipinski definition) is 1. The van der Waals surface area contributed by atoms with Crippen LogP contribution in [0.2, 0.25) is 0 Å². The van der Waals surface area contributed by atoms with E-state index in [4.69, 9.17) is 0 Å². The number of likely N-dealkylation sites (tertiary alicyclic amines) is 1. The van der Waals surface area contributed by atoms with Crippen LogP contribution in [0.1, 0.15) is 5.69 Å². The second kappa shape index (κ2) is 2.66. The molecule has 1 fully saturated rings. The van der Waals surface area contributed by atoms with E-state index in [1.165, 1.54) is 0 Å². The number of rotatable bonds is 2. The quantitative estimate of drug-likeness (QED) is 0.677. The molecule has 0 aromatic carbocycles. The first-order valence-corrected chi connectivity index (χ1v) is 3.83. The summed E-state index contributed by atoms with van der Waals surface area (Å²) in [5.41, 5.74) is 1.16. The van der Waals surface area contributed by atoms with Crippen molar-refractivity contribution in [3.63, 3.8) is 0 Å². The minimum absolute atomic E-state index is 0.593. The molecular weight excluding hydrogens is 143 g/mol. The Bertz CT molecular complexity index is 214. The molecule has 0 atom stereocenters. The molecule has 0 saturated carbocycles. The Kier molecular flexibility index (Phi) is 1.66. The van der Waals surface area contributed by atoms with Gasteiger partial charge < -0.3 is 4.98 Å². The van der Waals surface area contributed by atoms with Crippen LogP contribution in [0.3, 0.4) is 0 Å². The molecule has 0 spiro atoms. The molecule has 2 rings (SSSR count). The van der Waals surface area contributed by atoms with Crippen molar-refractivity contribution < 1.29 is 4.39 Å². The van der Waals surface area contributed by atoms with Gasteiger partial charge in [0.05, 0.1) is 0 Å². The molecule has 1 aromatic heterocycles. The summed E-state index contributed by atoms with van der Waals surface area (Å²) in [6, 6.07) is 3.98. The standard InChI is InChI=1S/C8H11FN2/c9-7-4-11(5-7)6-8-2-1-3-10-8/h1-3,7,10H,4-6H2. The van der Waals surface area contributed by atoms with Gasteiger partial charge in [0.2, 0.25) is 0 Å². The molecule has 1 aromatic rings. The average Bonchev–Trinajstić information content (AvgIpc) is 2.36. The molecule has 11 heavy (non-hydrogen) atoms. The van der Waals surface area contributed by atoms with Crippen molar-refractivity contribution in [2.75, 3.05) is 13.1 Å². The third kappa shape index (κ3) is 1.43. The first-order chi connectivity index (χ1) is 5.34. The smallest absolute Gasteiger partial charge is 0.125 e. The number of aromatic amines is 1. The van der Waals surface area contributed by atoms with Gasteiger partial charge >= 0.3 is 0 Å². The molecule has 3 heteroatoms. The first kappa shape index (κ1) is 6.85. The van der Waals surface area contributed by atoms with Crippen molar-refractivity contribution in [3.8, 4) is 0 Å². The van der Waals surface area contributed by atoms with Gasteiger partial charge in [0, 0.05) is 31.5 Å². The molecule has 0 amide bonds. The van der Waals surface area contributed by atoms with E-state index in [0.717, 1.165) is 12.2 Å². The predicted molar refractivity (Wildman–Crippen MR) is 41.0 cm³/mol. The highest BCUT2D eigenvalue weighted by Crippen LogP contribution is 2.13. The van der Waals surface area contributed by atoms with Crippen molar-refractivity contribution in [2.24, 2.45) is 0 Å². The maximum absolute atomic E-state index is 12.3. The number of H-pyrrole nitrogens is 1. The van der Waals surface area contributed by atoms with Crippen LogP contribution < -0.4 is 0 Å². The molecule has 60 valence electrons. The van der Waals surface area contributed by atoms with Gasteiger partial charge in [-0.3, -0.25) is 4.90 Å². The highest BCUT2D eigenvalue weighted by Gasteiger charge is 2.25. The molecular formula is C8H11FN2. The maximum atomic E-state index is 12.3. The summed E-state index contributed by atoms with van der Waals surface area (Å²) in [5, 5.41) is 0. The highest BCUT2D eigenvalue weighted by atomic mass is 19.1. The van der Waals surface area contributed by atoms with Crippen LogP contribution >= 0.6 is 0 Å². The van der Waals surface area contributed by atoms with Crippen LogP contribution in [-0.4, -0.2) is 29.1 Å². The average molecular weight is 154 g/mol. The van der Waals surface area contributed by atoms with Gasteiger partial charge in [0.25, 0.3) is 0 Å². The van der Waals surface area contributed by atoms with Crippen molar-refractivity contribution in [1.82, 2.24) is 9.88 Å². The zero-order valence-corrected chi connectivity index (χ0v) is 6.26. The fourth-order valence-corrected chi connectivity index (χ4v) is 1.34. The summed E-state index contributed by atoms with van der Waals surface area (Å²) in [5.74, 6) is 0. The van der Waals surface area contributed by atoms with Crippen LogP contribution in [0.4, 0.5) is 4.39 Å². The fourth-order valence-electron chi connectivity index (χ4n) is 1.34. The summed E-state index contributed by atoms with van der Waals surface area (Å²) in [6.07, 6.45) is 1.30. The molecule has 1 aliphatic heterocycles.